The van der Waals surface area contributed by atoms with E-state index in [2.05, 4.69) is 25.7 Å². The van der Waals surface area contributed by atoms with Crippen LogP contribution in [0.15, 0.2) is 24.3 Å². The summed E-state index contributed by atoms with van der Waals surface area (Å²) in [6.45, 7) is 5.85. The molecule has 1 aromatic carbocycles. The second kappa shape index (κ2) is 7.61. The molecule has 0 amide bonds. The van der Waals surface area contributed by atoms with Gasteiger partial charge in [-0.1, -0.05) is 28.1 Å². The lowest BCUT2D eigenvalue weighted by Gasteiger charge is -2.21. The first-order valence-electron chi connectivity index (χ1n) is 7.16. The second-order valence-electron chi connectivity index (χ2n) is 5.36. The summed E-state index contributed by atoms with van der Waals surface area (Å²) >= 11 is 3.45. The third-order valence-electron chi connectivity index (χ3n) is 3.77. The average molecular weight is 365 g/mol. The van der Waals surface area contributed by atoms with Gasteiger partial charge in [0.25, 0.3) is 0 Å². The number of hydrogen-bond donors (Lipinski definition) is 0. The van der Waals surface area contributed by atoms with E-state index < -0.39 is 11.7 Å². The first-order chi connectivity index (χ1) is 9.99. The van der Waals surface area contributed by atoms with Crippen LogP contribution in [-0.2, 0) is 12.7 Å². The molecule has 0 atom stereocenters. The van der Waals surface area contributed by atoms with Crippen LogP contribution in [0.4, 0.5) is 13.2 Å². The number of rotatable bonds is 4. The monoisotopic (exact) mass is 364 g/mol. The van der Waals surface area contributed by atoms with Crippen LogP contribution in [0.5, 0.6) is 0 Å². The van der Waals surface area contributed by atoms with Gasteiger partial charge < -0.3 is 4.90 Å². The second-order valence-corrected chi connectivity index (χ2v) is 6.15. The summed E-state index contributed by atoms with van der Waals surface area (Å²) in [5.41, 5.74) is 0.363. The van der Waals surface area contributed by atoms with Crippen molar-refractivity contribution in [2.24, 2.45) is 0 Å². The van der Waals surface area contributed by atoms with Gasteiger partial charge in [-0.05, 0) is 37.2 Å². The molecule has 0 bridgehead atoms. The Bertz CT molecular complexity index is 434. The molecule has 1 aromatic rings. The molecule has 0 unspecified atom stereocenters. The highest BCUT2D eigenvalue weighted by molar-refractivity contribution is 9.09. The number of hydrogen-bond acceptors (Lipinski definition) is 2. The normalized spacial score (nSPS) is 18.7. The lowest BCUT2D eigenvalue weighted by molar-refractivity contribution is -0.137. The highest BCUT2D eigenvalue weighted by Crippen LogP contribution is 2.29. The van der Waals surface area contributed by atoms with E-state index in [1.165, 1.54) is 12.1 Å². The zero-order valence-electron chi connectivity index (χ0n) is 11.9. The first-order valence-corrected chi connectivity index (χ1v) is 8.28. The summed E-state index contributed by atoms with van der Waals surface area (Å²) < 4.78 is 37.6. The molecule has 0 saturated carbocycles. The molecule has 1 fully saturated rings. The van der Waals surface area contributed by atoms with E-state index in [1.54, 1.807) is 12.1 Å². The zero-order chi connectivity index (χ0) is 15.3. The predicted octanol–water partition coefficient (Wildman–Crippen LogP) is 3.61. The van der Waals surface area contributed by atoms with Crippen LogP contribution >= 0.6 is 15.9 Å². The average Bonchev–Trinajstić information content (AvgIpc) is 2.65. The quantitative estimate of drug-likeness (QED) is 0.753. The van der Waals surface area contributed by atoms with Gasteiger partial charge in [-0.2, -0.15) is 13.2 Å². The van der Waals surface area contributed by atoms with E-state index in [9.17, 15) is 13.2 Å². The van der Waals surface area contributed by atoms with E-state index in [1.807, 2.05) is 0 Å². The minimum absolute atomic E-state index is 0.578. The lowest BCUT2D eigenvalue weighted by Crippen LogP contribution is -2.31. The molecule has 0 radical (unpaired) electrons. The van der Waals surface area contributed by atoms with Crippen molar-refractivity contribution in [3.63, 3.8) is 0 Å². The van der Waals surface area contributed by atoms with Crippen molar-refractivity contribution in [1.82, 2.24) is 9.80 Å². The maximum absolute atomic E-state index is 12.5. The van der Waals surface area contributed by atoms with Crippen molar-refractivity contribution < 1.29 is 13.2 Å². The number of benzene rings is 1. The van der Waals surface area contributed by atoms with Crippen molar-refractivity contribution in [2.75, 3.05) is 38.1 Å². The molecular formula is C15H20BrF3N2. The van der Waals surface area contributed by atoms with E-state index in [4.69, 9.17) is 0 Å². The third kappa shape index (κ3) is 5.27. The predicted molar refractivity (Wildman–Crippen MR) is 81.6 cm³/mol. The van der Waals surface area contributed by atoms with Crippen LogP contribution in [0.25, 0.3) is 0 Å². The number of halogens is 4. The summed E-state index contributed by atoms with van der Waals surface area (Å²) in [7, 11) is 0. The van der Waals surface area contributed by atoms with Gasteiger partial charge in [-0.3, -0.25) is 4.90 Å². The molecule has 0 aromatic heterocycles. The highest BCUT2D eigenvalue weighted by Gasteiger charge is 2.30. The lowest BCUT2D eigenvalue weighted by atomic mass is 10.1. The SMILES string of the molecule is FC(F)(F)c1ccc(CN2CCCN(CCBr)CC2)cc1. The van der Waals surface area contributed by atoms with E-state index in [0.29, 0.717) is 0 Å². The standard InChI is InChI=1S/C15H20BrF3N2/c16-6-9-20-7-1-8-21(11-10-20)12-13-2-4-14(5-3-13)15(17,18)19/h2-5H,1,6-12H2. The molecule has 1 heterocycles. The molecule has 2 nitrogen and oxygen atoms in total. The number of alkyl halides is 4. The summed E-state index contributed by atoms with van der Waals surface area (Å²) in [5, 5.41) is 0.978. The van der Waals surface area contributed by atoms with Gasteiger partial charge in [0.05, 0.1) is 5.56 Å². The van der Waals surface area contributed by atoms with Crippen molar-refractivity contribution in [3.8, 4) is 0 Å². The molecule has 6 heteroatoms. The van der Waals surface area contributed by atoms with Gasteiger partial charge in [0, 0.05) is 31.5 Å². The van der Waals surface area contributed by atoms with Crippen molar-refractivity contribution in [3.05, 3.63) is 35.4 Å². The molecule has 1 aliphatic heterocycles. The number of nitrogens with zero attached hydrogens (tertiary/aromatic N) is 2. The maximum Gasteiger partial charge on any atom is 0.416 e. The Morgan fingerprint density at radius 1 is 0.952 bits per heavy atom. The molecule has 2 rings (SSSR count). The van der Waals surface area contributed by atoms with Crippen molar-refractivity contribution in [2.45, 2.75) is 19.1 Å². The van der Waals surface area contributed by atoms with Gasteiger partial charge in [0.15, 0.2) is 0 Å². The fourth-order valence-electron chi connectivity index (χ4n) is 2.58. The summed E-state index contributed by atoms with van der Waals surface area (Å²) in [6.07, 6.45) is -3.15. The van der Waals surface area contributed by atoms with Crippen LogP contribution < -0.4 is 0 Å². The van der Waals surface area contributed by atoms with Crippen LogP contribution in [0.2, 0.25) is 0 Å². The molecule has 1 aliphatic rings. The molecule has 0 aliphatic carbocycles. The summed E-state index contributed by atoms with van der Waals surface area (Å²) in [5.74, 6) is 0. The Morgan fingerprint density at radius 2 is 1.57 bits per heavy atom. The third-order valence-corrected chi connectivity index (χ3v) is 4.12. The van der Waals surface area contributed by atoms with Gasteiger partial charge in [0.2, 0.25) is 0 Å². The van der Waals surface area contributed by atoms with Gasteiger partial charge in [-0.25, -0.2) is 0 Å². The van der Waals surface area contributed by atoms with Crippen LogP contribution in [-0.4, -0.2) is 47.9 Å². The zero-order valence-corrected chi connectivity index (χ0v) is 13.5. The van der Waals surface area contributed by atoms with Crippen LogP contribution in [0.1, 0.15) is 17.5 Å². The minimum Gasteiger partial charge on any atom is -0.301 e. The van der Waals surface area contributed by atoms with E-state index in [-0.39, 0.29) is 0 Å². The molecule has 0 spiro atoms. The first kappa shape index (κ1) is 16.8. The highest BCUT2D eigenvalue weighted by atomic mass is 79.9. The molecular weight excluding hydrogens is 345 g/mol. The van der Waals surface area contributed by atoms with E-state index in [0.717, 1.165) is 56.6 Å². The fraction of sp³-hybridized carbons (Fsp3) is 0.600. The summed E-state index contributed by atoms with van der Waals surface area (Å²) in [6, 6.07) is 5.52. The molecule has 118 valence electrons. The molecule has 21 heavy (non-hydrogen) atoms. The Kier molecular flexibility index (Phi) is 6.08. The Balaban J connectivity index is 1.89. The largest absolute Gasteiger partial charge is 0.416 e. The fourth-order valence-corrected chi connectivity index (χ4v) is 3.08. The molecule has 0 N–H and O–H groups in total. The minimum atomic E-state index is -4.25. The smallest absolute Gasteiger partial charge is 0.301 e. The Hall–Kier alpha value is -0.590. The Morgan fingerprint density at radius 3 is 2.19 bits per heavy atom. The van der Waals surface area contributed by atoms with E-state index >= 15 is 0 Å². The Labute approximate surface area is 132 Å². The van der Waals surface area contributed by atoms with Crippen LogP contribution in [0.3, 0.4) is 0 Å². The van der Waals surface area contributed by atoms with Crippen molar-refractivity contribution in [1.29, 1.82) is 0 Å². The van der Waals surface area contributed by atoms with Gasteiger partial charge in [0.1, 0.15) is 0 Å². The topological polar surface area (TPSA) is 6.48 Å². The van der Waals surface area contributed by atoms with Crippen molar-refractivity contribution >= 4 is 15.9 Å². The van der Waals surface area contributed by atoms with Gasteiger partial charge >= 0.3 is 6.18 Å². The molecule has 1 saturated heterocycles. The van der Waals surface area contributed by atoms with Gasteiger partial charge in [-0.15, -0.1) is 0 Å². The maximum atomic E-state index is 12.5. The summed E-state index contributed by atoms with van der Waals surface area (Å²) in [4.78, 5) is 4.73. The van der Waals surface area contributed by atoms with Crippen LogP contribution in [0, 0.1) is 0 Å².